The van der Waals surface area contributed by atoms with Gasteiger partial charge in [0.2, 0.25) is 5.89 Å². The normalized spacial score (nSPS) is 24.6. The Morgan fingerprint density at radius 3 is 2.95 bits per heavy atom. The molecule has 0 radical (unpaired) electrons. The van der Waals surface area contributed by atoms with Crippen LogP contribution >= 0.6 is 11.8 Å². The zero-order valence-electron chi connectivity index (χ0n) is 12.0. The van der Waals surface area contributed by atoms with Crippen LogP contribution in [0.25, 0.3) is 0 Å². The molecule has 3 atom stereocenters. The number of nitrogens with one attached hydrogen (secondary N) is 2. The molecule has 1 aliphatic rings. The first-order chi connectivity index (χ1) is 9.22. The first kappa shape index (κ1) is 14.7. The molecule has 0 amide bonds. The maximum Gasteiger partial charge on any atom is 0.315 e. The summed E-state index contributed by atoms with van der Waals surface area (Å²) >= 11 is 1.95. The monoisotopic (exact) mass is 284 g/mol. The van der Waals surface area contributed by atoms with E-state index in [1.54, 1.807) is 0 Å². The molecule has 0 spiro atoms. The number of rotatable bonds is 7. The highest BCUT2D eigenvalue weighted by Gasteiger charge is 2.25. The average molecular weight is 284 g/mol. The molecule has 3 unspecified atom stereocenters. The largest absolute Gasteiger partial charge is 0.406 e. The average Bonchev–Trinajstić information content (AvgIpc) is 3.05. The van der Waals surface area contributed by atoms with Crippen LogP contribution in [0.1, 0.15) is 51.5 Å². The molecule has 19 heavy (non-hydrogen) atoms. The molecular weight excluding hydrogens is 260 g/mol. The molecule has 1 saturated carbocycles. The summed E-state index contributed by atoms with van der Waals surface area (Å²) in [5.41, 5.74) is 0. The summed E-state index contributed by atoms with van der Waals surface area (Å²) in [6.07, 6.45) is 6.92. The van der Waals surface area contributed by atoms with Gasteiger partial charge in [-0.15, -0.1) is 5.10 Å². The SMILES string of the molecule is CCCNC(C)c1nnc(NC2CCC(SC)C2)o1. The van der Waals surface area contributed by atoms with Crippen LogP contribution in [-0.4, -0.2) is 34.3 Å². The van der Waals surface area contributed by atoms with Crippen LogP contribution in [0, 0.1) is 0 Å². The third-order valence-electron chi connectivity index (χ3n) is 3.56. The molecule has 1 aromatic rings. The minimum Gasteiger partial charge on any atom is -0.406 e. The van der Waals surface area contributed by atoms with Crippen molar-refractivity contribution in [3.05, 3.63) is 5.89 Å². The summed E-state index contributed by atoms with van der Waals surface area (Å²) < 4.78 is 5.67. The number of hydrogen-bond donors (Lipinski definition) is 2. The molecule has 2 rings (SSSR count). The van der Waals surface area contributed by atoms with Gasteiger partial charge in [-0.25, -0.2) is 0 Å². The van der Waals surface area contributed by atoms with Gasteiger partial charge in [0, 0.05) is 11.3 Å². The summed E-state index contributed by atoms with van der Waals surface area (Å²) in [4.78, 5) is 0. The Labute approximate surface area is 119 Å². The van der Waals surface area contributed by atoms with Crippen LogP contribution in [0.15, 0.2) is 4.42 Å². The van der Waals surface area contributed by atoms with Crippen LogP contribution in [0.3, 0.4) is 0 Å². The summed E-state index contributed by atoms with van der Waals surface area (Å²) in [7, 11) is 0. The highest BCUT2D eigenvalue weighted by Crippen LogP contribution is 2.30. The number of aromatic nitrogens is 2. The Morgan fingerprint density at radius 2 is 2.26 bits per heavy atom. The van der Waals surface area contributed by atoms with Gasteiger partial charge in [0.1, 0.15) is 0 Å². The highest BCUT2D eigenvalue weighted by atomic mass is 32.2. The van der Waals surface area contributed by atoms with Gasteiger partial charge in [-0.3, -0.25) is 0 Å². The highest BCUT2D eigenvalue weighted by molar-refractivity contribution is 7.99. The summed E-state index contributed by atoms with van der Waals surface area (Å²) in [5, 5.41) is 15.7. The fraction of sp³-hybridized carbons (Fsp3) is 0.846. The van der Waals surface area contributed by atoms with Gasteiger partial charge in [-0.1, -0.05) is 12.0 Å². The Kier molecular flexibility index (Phi) is 5.51. The van der Waals surface area contributed by atoms with E-state index in [9.17, 15) is 0 Å². The van der Waals surface area contributed by atoms with Gasteiger partial charge in [0.15, 0.2) is 0 Å². The molecular formula is C13H24N4OS. The minimum atomic E-state index is 0.116. The zero-order chi connectivity index (χ0) is 13.7. The predicted octanol–water partition coefficient (Wildman–Crippen LogP) is 2.83. The maximum absolute atomic E-state index is 5.67. The van der Waals surface area contributed by atoms with Crippen molar-refractivity contribution in [1.29, 1.82) is 0 Å². The topological polar surface area (TPSA) is 63.0 Å². The van der Waals surface area contributed by atoms with Crippen LogP contribution in [0.2, 0.25) is 0 Å². The van der Waals surface area contributed by atoms with E-state index in [1.165, 1.54) is 19.3 Å². The van der Waals surface area contributed by atoms with Crippen molar-refractivity contribution in [1.82, 2.24) is 15.5 Å². The lowest BCUT2D eigenvalue weighted by Gasteiger charge is -2.10. The van der Waals surface area contributed by atoms with Gasteiger partial charge in [0.05, 0.1) is 6.04 Å². The first-order valence-electron chi connectivity index (χ1n) is 7.09. The van der Waals surface area contributed by atoms with E-state index >= 15 is 0 Å². The van der Waals surface area contributed by atoms with Gasteiger partial charge >= 0.3 is 6.01 Å². The fourth-order valence-corrected chi connectivity index (χ4v) is 3.17. The van der Waals surface area contributed by atoms with Crippen LogP contribution < -0.4 is 10.6 Å². The number of nitrogens with zero attached hydrogens (tertiary/aromatic N) is 2. The molecule has 0 bridgehead atoms. The van der Waals surface area contributed by atoms with Gasteiger partial charge in [-0.2, -0.15) is 11.8 Å². The molecule has 2 N–H and O–H groups in total. The van der Waals surface area contributed by atoms with Crippen molar-refractivity contribution in [2.24, 2.45) is 0 Å². The van der Waals surface area contributed by atoms with E-state index in [1.807, 2.05) is 18.7 Å². The van der Waals surface area contributed by atoms with Crippen LogP contribution in [0.5, 0.6) is 0 Å². The van der Waals surface area contributed by atoms with E-state index in [4.69, 9.17) is 4.42 Å². The third kappa shape index (κ3) is 4.11. The van der Waals surface area contributed by atoms with E-state index in [0.717, 1.165) is 18.2 Å². The summed E-state index contributed by atoms with van der Waals surface area (Å²) in [6, 6.07) is 1.15. The van der Waals surface area contributed by atoms with Gasteiger partial charge in [0.25, 0.3) is 0 Å². The predicted molar refractivity (Wildman–Crippen MR) is 79.6 cm³/mol. The smallest absolute Gasteiger partial charge is 0.315 e. The molecule has 0 aliphatic heterocycles. The Hall–Kier alpha value is -0.750. The van der Waals surface area contributed by atoms with Gasteiger partial charge < -0.3 is 15.1 Å². The number of anilines is 1. The Balaban J connectivity index is 1.84. The van der Waals surface area contributed by atoms with Crippen molar-refractivity contribution >= 4 is 17.8 Å². The number of thioether (sulfide) groups is 1. The second-order valence-electron chi connectivity index (χ2n) is 5.13. The van der Waals surface area contributed by atoms with Crippen LogP contribution in [-0.2, 0) is 0 Å². The number of hydrogen-bond acceptors (Lipinski definition) is 6. The molecule has 0 aromatic carbocycles. The lowest BCUT2D eigenvalue weighted by Crippen LogP contribution is -2.19. The van der Waals surface area contributed by atoms with Gasteiger partial charge in [-0.05, 0) is 45.4 Å². The Morgan fingerprint density at radius 1 is 1.42 bits per heavy atom. The van der Waals surface area contributed by atoms with E-state index in [-0.39, 0.29) is 6.04 Å². The molecule has 0 saturated heterocycles. The quantitative estimate of drug-likeness (QED) is 0.803. The summed E-state index contributed by atoms with van der Waals surface area (Å²) in [6.45, 7) is 5.15. The van der Waals surface area contributed by atoms with Crippen LogP contribution in [0.4, 0.5) is 6.01 Å². The van der Waals surface area contributed by atoms with E-state index in [2.05, 4.69) is 34.0 Å². The van der Waals surface area contributed by atoms with E-state index in [0.29, 0.717) is 17.9 Å². The second-order valence-corrected chi connectivity index (χ2v) is 6.27. The van der Waals surface area contributed by atoms with Crippen molar-refractivity contribution in [3.8, 4) is 0 Å². The lowest BCUT2D eigenvalue weighted by atomic mass is 10.3. The van der Waals surface area contributed by atoms with E-state index < -0.39 is 0 Å². The fourth-order valence-electron chi connectivity index (χ4n) is 2.38. The molecule has 6 heteroatoms. The van der Waals surface area contributed by atoms with Crippen molar-refractivity contribution in [2.75, 3.05) is 18.1 Å². The van der Waals surface area contributed by atoms with Crippen molar-refractivity contribution in [3.63, 3.8) is 0 Å². The molecule has 1 fully saturated rings. The Bertz CT molecular complexity index is 384. The zero-order valence-corrected chi connectivity index (χ0v) is 12.8. The third-order valence-corrected chi connectivity index (χ3v) is 4.65. The first-order valence-corrected chi connectivity index (χ1v) is 8.37. The molecule has 1 heterocycles. The van der Waals surface area contributed by atoms with Crippen molar-refractivity contribution < 1.29 is 4.42 Å². The lowest BCUT2D eigenvalue weighted by molar-refractivity contribution is 0.421. The maximum atomic E-state index is 5.67. The second kappa shape index (κ2) is 7.14. The molecule has 1 aromatic heterocycles. The summed E-state index contributed by atoms with van der Waals surface area (Å²) in [5.74, 6) is 0.662. The standard InChI is InChI=1S/C13H24N4OS/c1-4-7-14-9(2)12-16-17-13(18-12)15-10-5-6-11(8-10)19-3/h9-11,14H,4-8H2,1-3H3,(H,15,17). The molecule has 5 nitrogen and oxygen atoms in total. The molecule has 1 aliphatic carbocycles. The molecule has 108 valence electrons. The van der Waals surface area contributed by atoms with Crippen molar-refractivity contribution in [2.45, 2.75) is 56.9 Å². The minimum absolute atomic E-state index is 0.116.